The van der Waals surface area contributed by atoms with Gasteiger partial charge in [-0.25, -0.2) is 13.2 Å². The minimum absolute atomic E-state index is 0.0237. The van der Waals surface area contributed by atoms with Gasteiger partial charge in [0.05, 0.1) is 30.9 Å². The highest BCUT2D eigenvalue weighted by atomic mass is 32.2. The van der Waals surface area contributed by atoms with Gasteiger partial charge in [0, 0.05) is 6.04 Å². The fourth-order valence-electron chi connectivity index (χ4n) is 3.67. The van der Waals surface area contributed by atoms with Crippen LogP contribution in [0.4, 0.5) is 0 Å². The number of methoxy groups -OCH3 is 2. The second-order valence-electron chi connectivity index (χ2n) is 6.86. The van der Waals surface area contributed by atoms with Crippen molar-refractivity contribution in [3.05, 3.63) is 59.2 Å². The smallest absolute Gasteiger partial charge is 0.341 e. The predicted molar refractivity (Wildman–Crippen MR) is 107 cm³/mol. The highest BCUT2D eigenvalue weighted by Gasteiger charge is 2.35. The first-order chi connectivity index (χ1) is 13.4. The van der Waals surface area contributed by atoms with Crippen molar-refractivity contribution < 1.29 is 22.7 Å². The molecular weight excluding hydrogens is 378 g/mol. The van der Waals surface area contributed by atoms with Gasteiger partial charge in [0.25, 0.3) is 0 Å². The van der Waals surface area contributed by atoms with Crippen molar-refractivity contribution in [3.63, 3.8) is 0 Å². The summed E-state index contributed by atoms with van der Waals surface area (Å²) in [6, 6.07) is 12.2. The molecule has 2 atom stereocenters. The molecule has 7 heteroatoms. The molecule has 0 fully saturated rings. The van der Waals surface area contributed by atoms with Crippen LogP contribution in [0.5, 0.6) is 5.75 Å². The van der Waals surface area contributed by atoms with Gasteiger partial charge in [-0.1, -0.05) is 43.7 Å². The Morgan fingerprint density at radius 2 is 1.89 bits per heavy atom. The van der Waals surface area contributed by atoms with Gasteiger partial charge < -0.3 is 14.8 Å². The predicted octanol–water partition coefficient (Wildman–Crippen LogP) is 3.12. The maximum Gasteiger partial charge on any atom is 0.341 e. The Morgan fingerprint density at radius 1 is 1.18 bits per heavy atom. The van der Waals surface area contributed by atoms with Crippen LogP contribution in [-0.4, -0.2) is 40.4 Å². The summed E-state index contributed by atoms with van der Waals surface area (Å²) in [4.78, 5) is 12.3. The number of hydrogen-bond donors (Lipinski definition) is 1. The van der Waals surface area contributed by atoms with E-state index in [-0.39, 0.29) is 34.0 Å². The topological polar surface area (TPSA) is 81.7 Å². The number of carbonyl (C=O) groups is 1. The maximum absolute atomic E-state index is 13.2. The van der Waals surface area contributed by atoms with Gasteiger partial charge >= 0.3 is 5.97 Å². The zero-order chi connectivity index (χ0) is 20.3. The van der Waals surface area contributed by atoms with Crippen LogP contribution in [0, 0.1) is 0 Å². The lowest BCUT2D eigenvalue weighted by Gasteiger charge is -2.24. The summed E-state index contributed by atoms with van der Waals surface area (Å²) in [5.41, 5.74) is 1.64. The lowest BCUT2D eigenvalue weighted by Crippen LogP contribution is -2.35. The SMILES string of the molecule is CCCC1CS(=O)(=O)c2cc(C(=O)OC)c(OC)cc2C(c2ccccc2)N1. The molecule has 3 rings (SSSR count). The van der Waals surface area contributed by atoms with Crippen LogP contribution in [0.1, 0.15) is 47.3 Å². The number of carbonyl (C=O) groups excluding carboxylic acids is 1. The van der Waals surface area contributed by atoms with E-state index < -0.39 is 15.8 Å². The number of fused-ring (bicyclic) bond motifs is 1. The monoisotopic (exact) mass is 403 g/mol. The Kier molecular flexibility index (Phi) is 6.05. The number of hydrogen-bond acceptors (Lipinski definition) is 6. The number of ether oxygens (including phenoxy) is 2. The van der Waals surface area contributed by atoms with E-state index in [2.05, 4.69) is 5.32 Å². The third-order valence-electron chi connectivity index (χ3n) is 4.98. The summed E-state index contributed by atoms with van der Waals surface area (Å²) < 4.78 is 36.6. The van der Waals surface area contributed by atoms with Gasteiger partial charge in [-0.05, 0) is 29.7 Å². The molecule has 1 heterocycles. The third-order valence-corrected chi connectivity index (χ3v) is 6.84. The van der Waals surface area contributed by atoms with Crippen molar-refractivity contribution in [2.24, 2.45) is 0 Å². The summed E-state index contributed by atoms with van der Waals surface area (Å²) in [5.74, 6) is -0.365. The van der Waals surface area contributed by atoms with Crippen molar-refractivity contribution in [3.8, 4) is 5.75 Å². The van der Waals surface area contributed by atoms with Crippen molar-refractivity contribution in [1.29, 1.82) is 0 Å². The molecule has 6 nitrogen and oxygen atoms in total. The first-order valence-electron chi connectivity index (χ1n) is 9.25. The molecular formula is C21H25NO5S. The molecule has 1 aliphatic heterocycles. The van der Waals surface area contributed by atoms with E-state index >= 15 is 0 Å². The van der Waals surface area contributed by atoms with Crippen LogP contribution in [-0.2, 0) is 14.6 Å². The van der Waals surface area contributed by atoms with E-state index in [4.69, 9.17) is 9.47 Å². The summed E-state index contributed by atoms with van der Waals surface area (Å²) in [6.45, 7) is 2.03. The zero-order valence-electron chi connectivity index (χ0n) is 16.3. The van der Waals surface area contributed by atoms with Gasteiger partial charge in [0.15, 0.2) is 9.84 Å². The fourth-order valence-corrected chi connectivity index (χ4v) is 5.48. The minimum Gasteiger partial charge on any atom is -0.496 e. The number of nitrogens with one attached hydrogen (secondary N) is 1. The van der Waals surface area contributed by atoms with E-state index in [9.17, 15) is 13.2 Å². The molecule has 0 saturated heterocycles. The zero-order valence-corrected chi connectivity index (χ0v) is 17.1. The van der Waals surface area contributed by atoms with Crippen LogP contribution < -0.4 is 10.1 Å². The molecule has 0 bridgehead atoms. The van der Waals surface area contributed by atoms with Crippen molar-refractivity contribution >= 4 is 15.8 Å². The average Bonchev–Trinajstić information content (AvgIpc) is 2.81. The van der Waals surface area contributed by atoms with Gasteiger partial charge in [-0.15, -0.1) is 0 Å². The van der Waals surface area contributed by atoms with Gasteiger partial charge in [0.1, 0.15) is 11.3 Å². The molecule has 28 heavy (non-hydrogen) atoms. The summed E-state index contributed by atoms with van der Waals surface area (Å²) in [6.07, 6.45) is 1.60. The van der Waals surface area contributed by atoms with Crippen molar-refractivity contribution in [2.75, 3.05) is 20.0 Å². The normalized spacial score (nSPS) is 20.7. The van der Waals surface area contributed by atoms with E-state index in [1.54, 1.807) is 6.07 Å². The molecule has 1 N–H and O–H groups in total. The highest BCUT2D eigenvalue weighted by Crippen LogP contribution is 2.37. The first kappa shape index (κ1) is 20.4. The Hall–Kier alpha value is -2.38. The second kappa shape index (κ2) is 8.32. The van der Waals surface area contributed by atoms with Crippen LogP contribution in [0.15, 0.2) is 47.4 Å². The molecule has 0 radical (unpaired) electrons. The molecule has 2 aromatic carbocycles. The Balaban J connectivity index is 2.26. The number of esters is 1. The standard InChI is InChI=1S/C21H25NO5S/c1-4-8-15-13-28(24,25)19-12-16(21(23)27-3)18(26-2)11-17(19)20(22-15)14-9-6-5-7-10-14/h5-7,9-12,15,20,22H,4,8,13H2,1-3H3. The largest absolute Gasteiger partial charge is 0.496 e. The molecule has 2 unspecified atom stereocenters. The van der Waals surface area contributed by atoms with Crippen LogP contribution in [0.3, 0.4) is 0 Å². The van der Waals surface area contributed by atoms with Gasteiger partial charge in [-0.2, -0.15) is 0 Å². The highest BCUT2D eigenvalue weighted by molar-refractivity contribution is 7.91. The minimum atomic E-state index is -3.61. The summed E-state index contributed by atoms with van der Waals surface area (Å²) in [5, 5.41) is 3.51. The molecule has 0 spiro atoms. The Morgan fingerprint density at radius 3 is 2.50 bits per heavy atom. The van der Waals surface area contributed by atoms with Crippen LogP contribution in [0.25, 0.3) is 0 Å². The fraction of sp³-hybridized carbons (Fsp3) is 0.381. The number of benzene rings is 2. The van der Waals surface area contributed by atoms with Gasteiger partial charge in [0.2, 0.25) is 0 Å². The number of rotatable bonds is 5. The average molecular weight is 404 g/mol. The van der Waals surface area contributed by atoms with E-state index in [0.29, 0.717) is 5.56 Å². The molecule has 2 aromatic rings. The third kappa shape index (κ3) is 3.91. The molecule has 0 aromatic heterocycles. The summed E-state index contributed by atoms with van der Waals surface area (Å²) >= 11 is 0. The van der Waals surface area contributed by atoms with E-state index in [0.717, 1.165) is 18.4 Å². The Bertz CT molecular complexity index is 956. The van der Waals surface area contributed by atoms with Crippen LogP contribution in [0.2, 0.25) is 0 Å². The second-order valence-corrected chi connectivity index (χ2v) is 8.86. The molecule has 150 valence electrons. The summed E-state index contributed by atoms with van der Waals surface area (Å²) in [7, 11) is -0.900. The van der Waals surface area contributed by atoms with Gasteiger partial charge in [-0.3, -0.25) is 0 Å². The first-order valence-corrected chi connectivity index (χ1v) is 10.9. The van der Waals surface area contributed by atoms with E-state index in [1.807, 2.05) is 37.3 Å². The maximum atomic E-state index is 13.2. The lowest BCUT2D eigenvalue weighted by atomic mass is 9.95. The van der Waals surface area contributed by atoms with E-state index in [1.165, 1.54) is 20.3 Å². The van der Waals surface area contributed by atoms with Crippen molar-refractivity contribution in [2.45, 2.75) is 36.7 Å². The molecule has 1 aliphatic rings. The van der Waals surface area contributed by atoms with Crippen LogP contribution >= 0.6 is 0 Å². The number of sulfone groups is 1. The van der Waals surface area contributed by atoms with Crippen molar-refractivity contribution in [1.82, 2.24) is 5.32 Å². The quantitative estimate of drug-likeness (QED) is 0.773. The Labute approximate surface area is 165 Å². The molecule has 0 saturated carbocycles. The lowest BCUT2D eigenvalue weighted by molar-refractivity contribution is 0.0596. The molecule has 0 amide bonds. The molecule has 0 aliphatic carbocycles.